The zero-order valence-corrected chi connectivity index (χ0v) is 17.0. The Balaban J connectivity index is 1.42. The summed E-state index contributed by atoms with van der Waals surface area (Å²) in [5.74, 6) is 0.170. The van der Waals surface area contributed by atoms with E-state index in [0.717, 1.165) is 58.5 Å². The predicted molar refractivity (Wildman–Crippen MR) is 104 cm³/mol. The van der Waals surface area contributed by atoms with Crippen LogP contribution < -0.4 is 5.32 Å². The number of hydrogen-bond acceptors (Lipinski definition) is 5. The lowest BCUT2D eigenvalue weighted by atomic mass is 9.71. The summed E-state index contributed by atoms with van der Waals surface area (Å²) in [6, 6.07) is 3.20. The van der Waals surface area contributed by atoms with Crippen molar-refractivity contribution in [2.75, 3.05) is 39.4 Å². The first-order valence-electron chi connectivity index (χ1n) is 10.2. The van der Waals surface area contributed by atoms with E-state index in [1.165, 1.54) is 0 Å². The molecule has 8 heteroatoms. The molecule has 0 saturated carbocycles. The van der Waals surface area contributed by atoms with Gasteiger partial charge in [-0.2, -0.15) is 0 Å². The molecule has 0 unspecified atom stereocenters. The van der Waals surface area contributed by atoms with Crippen LogP contribution in [0.3, 0.4) is 0 Å². The predicted octanol–water partition coefficient (Wildman–Crippen LogP) is 2.15. The lowest BCUT2D eigenvalue weighted by Crippen LogP contribution is -2.51. The van der Waals surface area contributed by atoms with Crippen LogP contribution in [-0.2, 0) is 9.53 Å². The van der Waals surface area contributed by atoms with Crippen LogP contribution in [0.25, 0.3) is 0 Å². The highest BCUT2D eigenvalue weighted by molar-refractivity contribution is 6.29. The molecular formula is C20H28ClN3O4. The molecule has 154 valence electrons. The molecule has 28 heavy (non-hydrogen) atoms. The Morgan fingerprint density at radius 3 is 2.75 bits per heavy atom. The highest BCUT2D eigenvalue weighted by Crippen LogP contribution is 2.52. The number of nitrogens with zero attached hydrogens (tertiary/aromatic N) is 2. The van der Waals surface area contributed by atoms with Gasteiger partial charge in [0.25, 0.3) is 5.91 Å². The Labute approximate surface area is 170 Å². The second-order valence-corrected chi connectivity index (χ2v) is 8.36. The van der Waals surface area contributed by atoms with E-state index in [1.54, 1.807) is 12.1 Å². The number of ether oxygens (including phenoxy) is 1. The van der Waals surface area contributed by atoms with E-state index in [2.05, 4.69) is 17.1 Å². The Morgan fingerprint density at radius 2 is 2.07 bits per heavy atom. The first-order valence-corrected chi connectivity index (χ1v) is 10.6. The van der Waals surface area contributed by atoms with Gasteiger partial charge in [0.05, 0.1) is 18.6 Å². The number of rotatable bonds is 6. The van der Waals surface area contributed by atoms with Crippen molar-refractivity contribution in [3.63, 3.8) is 0 Å². The van der Waals surface area contributed by atoms with Crippen molar-refractivity contribution in [1.82, 2.24) is 15.1 Å². The van der Waals surface area contributed by atoms with Gasteiger partial charge in [0.2, 0.25) is 5.91 Å². The smallest absolute Gasteiger partial charge is 0.290 e. The molecule has 1 aromatic heterocycles. The average molecular weight is 410 g/mol. The maximum atomic E-state index is 13.2. The molecule has 0 spiro atoms. The van der Waals surface area contributed by atoms with Crippen LogP contribution in [0.1, 0.15) is 43.2 Å². The SMILES string of the molecule is CC[C@@]1(C(=O)NCCN2CCOCC2)C[C@@H]2CC[C@H]1N2C(=O)c1ccc(Cl)o1. The number of fused-ring (bicyclic) bond motifs is 2. The van der Waals surface area contributed by atoms with Crippen molar-refractivity contribution in [3.05, 3.63) is 23.1 Å². The molecule has 0 aliphatic carbocycles. The molecule has 3 atom stereocenters. The van der Waals surface area contributed by atoms with E-state index in [4.69, 9.17) is 20.8 Å². The summed E-state index contributed by atoms with van der Waals surface area (Å²) in [7, 11) is 0. The van der Waals surface area contributed by atoms with E-state index >= 15 is 0 Å². The summed E-state index contributed by atoms with van der Waals surface area (Å²) in [6.07, 6.45) is 3.24. The van der Waals surface area contributed by atoms with Gasteiger partial charge < -0.3 is 19.4 Å². The van der Waals surface area contributed by atoms with Gasteiger partial charge in [-0.25, -0.2) is 0 Å². The van der Waals surface area contributed by atoms with Crippen LogP contribution in [0.2, 0.25) is 5.22 Å². The minimum absolute atomic E-state index is 0.0748. The third-order valence-electron chi connectivity index (χ3n) is 6.66. The second kappa shape index (κ2) is 8.05. The van der Waals surface area contributed by atoms with Crippen molar-refractivity contribution in [1.29, 1.82) is 0 Å². The molecule has 0 aromatic carbocycles. The molecule has 2 bridgehead atoms. The van der Waals surface area contributed by atoms with Crippen LogP contribution in [0.4, 0.5) is 0 Å². The van der Waals surface area contributed by atoms with Gasteiger partial charge in [0.15, 0.2) is 11.0 Å². The van der Waals surface area contributed by atoms with Gasteiger partial charge in [-0.1, -0.05) is 6.92 Å². The van der Waals surface area contributed by atoms with Crippen LogP contribution in [0.5, 0.6) is 0 Å². The number of furan rings is 1. The molecule has 1 N–H and O–H groups in total. The Bertz CT molecular complexity index is 733. The van der Waals surface area contributed by atoms with Gasteiger partial charge in [-0.15, -0.1) is 0 Å². The molecule has 3 aliphatic rings. The topological polar surface area (TPSA) is 75.0 Å². The zero-order valence-electron chi connectivity index (χ0n) is 16.3. The van der Waals surface area contributed by atoms with E-state index in [-0.39, 0.29) is 34.9 Å². The zero-order chi connectivity index (χ0) is 19.7. The van der Waals surface area contributed by atoms with E-state index in [9.17, 15) is 9.59 Å². The maximum Gasteiger partial charge on any atom is 0.290 e. The van der Waals surface area contributed by atoms with Crippen molar-refractivity contribution in [2.45, 2.75) is 44.7 Å². The molecule has 3 aliphatic heterocycles. The number of hydrogen-bond donors (Lipinski definition) is 1. The Kier molecular flexibility index (Phi) is 5.67. The first kappa shape index (κ1) is 19.7. The fourth-order valence-electron chi connectivity index (χ4n) is 5.16. The van der Waals surface area contributed by atoms with Crippen molar-refractivity contribution < 1.29 is 18.7 Å². The highest BCUT2D eigenvalue weighted by Gasteiger charge is 2.60. The van der Waals surface area contributed by atoms with Gasteiger partial charge in [-0.05, 0) is 49.4 Å². The molecule has 7 nitrogen and oxygen atoms in total. The monoisotopic (exact) mass is 409 g/mol. The number of halogens is 1. The van der Waals surface area contributed by atoms with Crippen molar-refractivity contribution in [2.24, 2.45) is 5.41 Å². The van der Waals surface area contributed by atoms with Crippen LogP contribution in [-0.4, -0.2) is 73.1 Å². The standard InChI is InChI=1S/C20H28ClN3O4/c1-2-20(19(26)22-7-8-23-9-11-27-12-10-23)13-14-3-5-16(20)24(14)18(25)15-4-6-17(21)28-15/h4,6,14,16H,2-3,5,7-13H2,1H3,(H,22,26)/t14-,16+,20+/m0/s1. The third kappa shape index (κ3) is 3.44. The Morgan fingerprint density at radius 1 is 1.29 bits per heavy atom. The van der Waals surface area contributed by atoms with Gasteiger partial charge in [0.1, 0.15) is 0 Å². The fraction of sp³-hybridized carbons (Fsp3) is 0.700. The minimum Gasteiger partial charge on any atom is -0.440 e. The number of carbonyl (C=O) groups is 2. The number of amides is 2. The summed E-state index contributed by atoms with van der Waals surface area (Å²) in [6.45, 7) is 6.83. The van der Waals surface area contributed by atoms with Crippen molar-refractivity contribution in [3.8, 4) is 0 Å². The van der Waals surface area contributed by atoms with Gasteiger partial charge in [0, 0.05) is 38.3 Å². The molecule has 3 fully saturated rings. The molecule has 4 heterocycles. The van der Waals surface area contributed by atoms with Crippen molar-refractivity contribution >= 4 is 23.4 Å². The molecule has 3 saturated heterocycles. The van der Waals surface area contributed by atoms with Gasteiger partial charge >= 0.3 is 0 Å². The molecule has 0 radical (unpaired) electrons. The summed E-state index contributed by atoms with van der Waals surface area (Å²) < 4.78 is 10.7. The highest BCUT2D eigenvalue weighted by atomic mass is 35.5. The van der Waals surface area contributed by atoms with Crippen LogP contribution >= 0.6 is 11.6 Å². The Hall–Kier alpha value is -1.57. The number of carbonyl (C=O) groups excluding carboxylic acids is 2. The summed E-state index contributed by atoms with van der Waals surface area (Å²) in [5.41, 5.74) is -0.514. The fourth-order valence-corrected chi connectivity index (χ4v) is 5.31. The summed E-state index contributed by atoms with van der Waals surface area (Å²) in [4.78, 5) is 30.4. The molecule has 4 rings (SSSR count). The normalized spacial score (nSPS) is 30.0. The first-order chi connectivity index (χ1) is 13.5. The van der Waals surface area contributed by atoms with E-state index in [0.29, 0.717) is 6.54 Å². The number of nitrogens with one attached hydrogen (secondary N) is 1. The third-order valence-corrected chi connectivity index (χ3v) is 6.86. The summed E-state index contributed by atoms with van der Waals surface area (Å²) >= 11 is 5.84. The largest absolute Gasteiger partial charge is 0.440 e. The lowest BCUT2D eigenvalue weighted by Gasteiger charge is -2.35. The van der Waals surface area contributed by atoms with E-state index < -0.39 is 5.41 Å². The molecular weight excluding hydrogens is 382 g/mol. The summed E-state index contributed by atoms with van der Waals surface area (Å²) in [5, 5.41) is 3.35. The molecule has 1 aromatic rings. The number of morpholine rings is 1. The lowest BCUT2D eigenvalue weighted by molar-refractivity contribution is -0.133. The second-order valence-electron chi connectivity index (χ2n) is 7.99. The minimum atomic E-state index is -0.514. The average Bonchev–Trinajstić information content (AvgIpc) is 3.41. The maximum absolute atomic E-state index is 13.2. The molecule has 2 amide bonds. The van der Waals surface area contributed by atoms with E-state index in [1.807, 2.05) is 4.90 Å². The van der Waals surface area contributed by atoms with Gasteiger partial charge in [-0.3, -0.25) is 14.5 Å². The van der Waals surface area contributed by atoms with Crippen LogP contribution in [0.15, 0.2) is 16.5 Å². The van der Waals surface area contributed by atoms with Crippen LogP contribution in [0, 0.1) is 5.41 Å². The quantitative estimate of drug-likeness (QED) is 0.779.